The molecule has 0 radical (unpaired) electrons. The predicted octanol–water partition coefficient (Wildman–Crippen LogP) is 3.35. The summed E-state index contributed by atoms with van der Waals surface area (Å²) in [5, 5.41) is 4.07. The molecule has 0 bridgehead atoms. The molecule has 2 rings (SSSR count). The second-order valence-corrected chi connectivity index (χ2v) is 4.23. The fourth-order valence-electron chi connectivity index (χ4n) is 1.81. The molecule has 0 unspecified atom stereocenters. The first-order valence-corrected chi connectivity index (χ1v) is 5.37. The van der Waals surface area contributed by atoms with E-state index in [2.05, 4.69) is 5.10 Å². The van der Waals surface area contributed by atoms with E-state index in [1.165, 1.54) is 0 Å². The number of rotatable bonds is 2. The van der Waals surface area contributed by atoms with Gasteiger partial charge in [0.1, 0.15) is 5.82 Å². The van der Waals surface area contributed by atoms with E-state index in [0.29, 0.717) is 0 Å². The quantitative estimate of drug-likeness (QED) is 0.755. The molecule has 0 fully saturated rings. The molecule has 3 heteroatoms. The van der Waals surface area contributed by atoms with Crippen molar-refractivity contribution in [2.75, 3.05) is 0 Å². The van der Waals surface area contributed by atoms with Gasteiger partial charge in [-0.05, 0) is 23.6 Å². The summed E-state index contributed by atoms with van der Waals surface area (Å²) >= 11 is 0. The molecule has 2 aromatic rings. The van der Waals surface area contributed by atoms with Crippen molar-refractivity contribution in [3.05, 3.63) is 41.8 Å². The molecule has 0 N–H and O–H groups in total. The highest BCUT2D eigenvalue weighted by Gasteiger charge is 2.09. The lowest BCUT2D eigenvalue weighted by Gasteiger charge is -2.09. The van der Waals surface area contributed by atoms with Gasteiger partial charge in [-0.3, -0.25) is 4.68 Å². The zero-order valence-corrected chi connectivity index (χ0v) is 9.74. The minimum Gasteiger partial charge on any atom is -0.268 e. The van der Waals surface area contributed by atoms with Crippen LogP contribution < -0.4 is 0 Å². The van der Waals surface area contributed by atoms with Gasteiger partial charge in [0.15, 0.2) is 0 Å². The van der Waals surface area contributed by atoms with Gasteiger partial charge in [-0.1, -0.05) is 26.0 Å². The van der Waals surface area contributed by atoms with Gasteiger partial charge in [0.05, 0.1) is 5.69 Å². The molecule has 1 heterocycles. The molecule has 1 aromatic carbocycles. The second-order valence-electron chi connectivity index (χ2n) is 4.23. The Morgan fingerprint density at radius 2 is 2.00 bits per heavy atom. The fourth-order valence-corrected chi connectivity index (χ4v) is 1.81. The summed E-state index contributed by atoms with van der Waals surface area (Å²) in [7, 11) is 1.85. The summed E-state index contributed by atoms with van der Waals surface area (Å²) in [5.41, 5.74) is 2.54. The maximum atomic E-state index is 13.8. The summed E-state index contributed by atoms with van der Waals surface area (Å²) in [4.78, 5) is 0. The van der Waals surface area contributed by atoms with E-state index in [0.717, 1.165) is 16.8 Å². The van der Waals surface area contributed by atoms with Crippen LogP contribution in [0.1, 0.15) is 25.3 Å². The van der Waals surface area contributed by atoms with Crippen molar-refractivity contribution in [1.82, 2.24) is 9.78 Å². The van der Waals surface area contributed by atoms with Crippen LogP contribution in [0.5, 0.6) is 0 Å². The molecule has 0 saturated carbocycles. The minimum absolute atomic E-state index is 0.145. The average Bonchev–Trinajstić information content (AvgIpc) is 2.63. The molecule has 84 valence electrons. The summed E-state index contributed by atoms with van der Waals surface area (Å²) in [6.07, 6.45) is 1.71. The summed E-state index contributed by atoms with van der Waals surface area (Å²) in [6, 6.07) is 7.24. The fraction of sp³-hybridized carbons (Fsp3) is 0.308. The Hall–Kier alpha value is -1.64. The Balaban J connectivity index is 2.46. The first-order chi connectivity index (χ1) is 7.59. The Kier molecular flexibility index (Phi) is 2.77. The van der Waals surface area contributed by atoms with Gasteiger partial charge < -0.3 is 0 Å². The number of aromatic nitrogens is 2. The third-order valence-electron chi connectivity index (χ3n) is 2.74. The first-order valence-electron chi connectivity index (χ1n) is 5.37. The maximum absolute atomic E-state index is 13.8. The zero-order chi connectivity index (χ0) is 11.7. The smallest absolute Gasteiger partial charge is 0.127 e. The van der Waals surface area contributed by atoms with Crippen LogP contribution in [0.2, 0.25) is 0 Å². The van der Waals surface area contributed by atoms with Crippen LogP contribution in [0.25, 0.3) is 11.3 Å². The lowest BCUT2D eigenvalue weighted by atomic mass is 10.00. The van der Waals surface area contributed by atoms with Crippen molar-refractivity contribution >= 4 is 0 Å². The summed E-state index contributed by atoms with van der Waals surface area (Å²) in [5.74, 6) is 0.0642. The number of nitrogens with zero attached hydrogens (tertiary/aromatic N) is 2. The van der Waals surface area contributed by atoms with Gasteiger partial charge in [-0.25, -0.2) is 4.39 Å². The molecule has 0 atom stereocenters. The second kappa shape index (κ2) is 4.08. The lowest BCUT2D eigenvalue weighted by molar-refractivity contribution is 0.598. The standard InChI is InChI=1S/C13H15FN2/c1-9(2)11-5-4-10(8-12(11)14)13-6-7-15-16(13)3/h4-9H,1-3H3. The first kappa shape index (κ1) is 10.9. The molecule has 0 aliphatic carbocycles. The van der Waals surface area contributed by atoms with Crippen LogP contribution in [0, 0.1) is 5.82 Å². The van der Waals surface area contributed by atoms with E-state index >= 15 is 0 Å². The van der Waals surface area contributed by atoms with Gasteiger partial charge in [0, 0.05) is 18.8 Å². The van der Waals surface area contributed by atoms with Crippen molar-refractivity contribution in [3.8, 4) is 11.3 Å². The van der Waals surface area contributed by atoms with E-state index in [9.17, 15) is 4.39 Å². The summed E-state index contributed by atoms with van der Waals surface area (Å²) < 4.78 is 15.5. The highest BCUT2D eigenvalue weighted by Crippen LogP contribution is 2.24. The molecule has 0 aliphatic rings. The Labute approximate surface area is 94.7 Å². The molecule has 16 heavy (non-hydrogen) atoms. The van der Waals surface area contributed by atoms with Crippen molar-refractivity contribution in [2.24, 2.45) is 7.05 Å². The summed E-state index contributed by atoms with van der Waals surface area (Å²) in [6.45, 7) is 3.98. The highest BCUT2D eigenvalue weighted by atomic mass is 19.1. The number of benzene rings is 1. The number of hydrogen-bond donors (Lipinski definition) is 0. The molecule has 0 aliphatic heterocycles. The Morgan fingerprint density at radius 3 is 2.50 bits per heavy atom. The lowest BCUT2D eigenvalue weighted by Crippen LogP contribution is -1.96. The van der Waals surface area contributed by atoms with E-state index in [1.807, 2.05) is 39.1 Å². The monoisotopic (exact) mass is 218 g/mol. The van der Waals surface area contributed by atoms with Crippen molar-refractivity contribution in [2.45, 2.75) is 19.8 Å². The third kappa shape index (κ3) is 1.85. The minimum atomic E-state index is -0.145. The van der Waals surface area contributed by atoms with Crippen molar-refractivity contribution in [3.63, 3.8) is 0 Å². The number of aryl methyl sites for hydroxylation is 1. The van der Waals surface area contributed by atoms with Gasteiger partial charge in [-0.15, -0.1) is 0 Å². The number of hydrogen-bond acceptors (Lipinski definition) is 1. The normalized spacial score (nSPS) is 11.1. The molecular formula is C13H15FN2. The van der Waals surface area contributed by atoms with Crippen LogP contribution in [0.4, 0.5) is 4.39 Å². The Bertz CT molecular complexity index is 500. The number of halogens is 1. The molecule has 0 saturated heterocycles. The molecule has 0 amide bonds. The predicted molar refractivity (Wildman–Crippen MR) is 62.7 cm³/mol. The van der Waals surface area contributed by atoms with Crippen molar-refractivity contribution in [1.29, 1.82) is 0 Å². The third-order valence-corrected chi connectivity index (χ3v) is 2.74. The topological polar surface area (TPSA) is 17.8 Å². The Morgan fingerprint density at radius 1 is 1.25 bits per heavy atom. The van der Waals surface area contributed by atoms with E-state index in [4.69, 9.17) is 0 Å². The van der Waals surface area contributed by atoms with Gasteiger partial charge in [0.2, 0.25) is 0 Å². The molecule has 1 aromatic heterocycles. The SMILES string of the molecule is CC(C)c1ccc(-c2ccnn2C)cc1F. The van der Waals surface area contributed by atoms with E-state index in [-0.39, 0.29) is 11.7 Å². The van der Waals surface area contributed by atoms with Crippen LogP contribution in [-0.4, -0.2) is 9.78 Å². The largest absolute Gasteiger partial charge is 0.268 e. The van der Waals surface area contributed by atoms with E-state index < -0.39 is 0 Å². The van der Waals surface area contributed by atoms with Crippen LogP contribution in [0.3, 0.4) is 0 Å². The van der Waals surface area contributed by atoms with Crippen LogP contribution >= 0.6 is 0 Å². The highest BCUT2D eigenvalue weighted by molar-refractivity contribution is 5.59. The molecular weight excluding hydrogens is 203 g/mol. The van der Waals surface area contributed by atoms with Gasteiger partial charge in [-0.2, -0.15) is 5.10 Å². The van der Waals surface area contributed by atoms with Crippen LogP contribution in [-0.2, 0) is 7.05 Å². The molecule has 2 nitrogen and oxygen atoms in total. The van der Waals surface area contributed by atoms with Gasteiger partial charge >= 0.3 is 0 Å². The van der Waals surface area contributed by atoms with E-state index in [1.54, 1.807) is 16.9 Å². The van der Waals surface area contributed by atoms with Gasteiger partial charge in [0.25, 0.3) is 0 Å². The molecule has 0 spiro atoms. The average molecular weight is 218 g/mol. The van der Waals surface area contributed by atoms with Crippen LogP contribution in [0.15, 0.2) is 30.5 Å². The maximum Gasteiger partial charge on any atom is 0.127 e. The van der Waals surface area contributed by atoms with Crippen molar-refractivity contribution < 1.29 is 4.39 Å². The zero-order valence-electron chi connectivity index (χ0n) is 9.74.